The number of benzene rings is 2. The van der Waals surface area contributed by atoms with Crippen molar-refractivity contribution in [2.24, 2.45) is 0 Å². The Morgan fingerprint density at radius 1 is 0.640 bits per heavy atom. The summed E-state index contributed by atoms with van der Waals surface area (Å²) >= 11 is 6.54. The van der Waals surface area contributed by atoms with E-state index in [0.29, 0.717) is 11.1 Å². The zero-order valence-electron chi connectivity index (χ0n) is 12.6. The Labute approximate surface area is 163 Å². The lowest BCUT2D eigenvalue weighted by Gasteiger charge is -2.01. The average molecular weight is 507 g/mol. The SMILES string of the molecule is O=S(=O)(/C=C/c1ccc(Br)cc1)NS(=O)(=O)/C=C/c1ccc(Br)cc1. The van der Waals surface area contributed by atoms with E-state index < -0.39 is 20.0 Å². The van der Waals surface area contributed by atoms with Crippen LogP contribution in [-0.4, -0.2) is 16.8 Å². The van der Waals surface area contributed by atoms with Crippen LogP contribution in [0.4, 0.5) is 0 Å². The summed E-state index contributed by atoms with van der Waals surface area (Å²) in [7, 11) is -8.30. The predicted molar refractivity (Wildman–Crippen MR) is 107 cm³/mol. The van der Waals surface area contributed by atoms with Crippen LogP contribution in [0.1, 0.15) is 11.1 Å². The number of nitrogens with one attached hydrogen (secondary N) is 1. The highest BCUT2D eigenvalue weighted by Crippen LogP contribution is 2.13. The molecule has 0 aliphatic rings. The standard InChI is InChI=1S/C16H13Br2NO4S2/c17-15-5-1-13(2-6-15)9-11-24(20,21)19-25(22,23)12-10-14-3-7-16(18)8-4-14/h1-12,19H/b11-9+,12-10+. The Balaban J connectivity index is 2.09. The van der Waals surface area contributed by atoms with Crippen LogP contribution in [0.5, 0.6) is 0 Å². The molecule has 1 N–H and O–H groups in total. The fourth-order valence-electron chi connectivity index (χ4n) is 1.70. The highest BCUT2D eigenvalue weighted by Gasteiger charge is 2.15. The van der Waals surface area contributed by atoms with Gasteiger partial charge in [-0.05, 0) is 47.5 Å². The molecule has 2 rings (SSSR count). The fourth-order valence-corrected chi connectivity index (χ4v) is 4.64. The normalized spacial score (nSPS) is 12.9. The van der Waals surface area contributed by atoms with Crippen LogP contribution in [-0.2, 0) is 20.0 Å². The van der Waals surface area contributed by atoms with E-state index in [1.165, 1.54) is 12.2 Å². The van der Waals surface area contributed by atoms with Gasteiger partial charge in [-0.3, -0.25) is 0 Å². The molecule has 132 valence electrons. The monoisotopic (exact) mass is 505 g/mol. The maximum absolute atomic E-state index is 11.9. The van der Waals surface area contributed by atoms with Gasteiger partial charge < -0.3 is 0 Å². The van der Waals surface area contributed by atoms with Gasteiger partial charge >= 0.3 is 0 Å². The molecule has 5 nitrogen and oxygen atoms in total. The molecule has 0 unspecified atom stereocenters. The molecule has 0 spiro atoms. The first kappa shape index (κ1) is 20.1. The molecule has 0 aromatic heterocycles. The minimum absolute atomic E-state index is 0.622. The van der Waals surface area contributed by atoms with E-state index in [4.69, 9.17) is 0 Å². The largest absolute Gasteiger partial charge is 0.246 e. The third-order valence-electron chi connectivity index (χ3n) is 2.85. The van der Waals surface area contributed by atoms with Crippen LogP contribution in [0.3, 0.4) is 0 Å². The first-order valence-electron chi connectivity index (χ1n) is 6.81. The number of hydrogen-bond acceptors (Lipinski definition) is 4. The molecule has 0 aliphatic carbocycles. The molecule has 2 aromatic carbocycles. The summed E-state index contributed by atoms with van der Waals surface area (Å²) in [6, 6.07) is 13.8. The molecule has 0 saturated heterocycles. The van der Waals surface area contributed by atoms with E-state index in [1.807, 2.05) is 0 Å². The van der Waals surface area contributed by atoms with Crippen molar-refractivity contribution in [2.45, 2.75) is 0 Å². The third kappa shape index (κ3) is 7.25. The van der Waals surface area contributed by atoms with Crippen LogP contribution in [0.2, 0.25) is 0 Å². The second-order valence-corrected chi connectivity index (χ2v) is 10.1. The Morgan fingerprint density at radius 3 is 1.28 bits per heavy atom. The molecule has 0 amide bonds. The molecule has 0 fully saturated rings. The van der Waals surface area contributed by atoms with Gasteiger partial charge in [0.2, 0.25) is 20.0 Å². The summed E-state index contributed by atoms with van der Waals surface area (Å²) in [5, 5.41) is 1.61. The molecule has 0 aliphatic heterocycles. The van der Waals surface area contributed by atoms with E-state index in [-0.39, 0.29) is 0 Å². The zero-order chi connectivity index (χ0) is 18.5. The van der Waals surface area contributed by atoms with Crippen molar-refractivity contribution in [3.63, 3.8) is 0 Å². The lowest BCUT2D eigenvalue weighted by Crippen LogP contribution is -2.26. The zero-order valence-corrected chi connectivity index (χ0v) is 17.4. The number of sulfonamides is 2. The van der Waals surface area contributed by atoms with Crippen LogP contribution in [0.25, 0.3) is 12.2 Å². The van der Waals surface area contributed by atoms with Gasteiger partial charge in [-0.1, -0.05) is 56.1 Å². The molecule has 2 aromatic rings. The van der Waals surface area contributed by atoms with Crippen molar-refractivity contribution >= 4 is 64.1 Å². The molecule has 25 heavy (non-hydrogen) atoms. The summed E-state index contributed by atoms with van der Waals surface area (Å²) in [5.41, 5.74) is 1.24. The average Bonchev–Trinajstić information content (AvgIpc) is 2.53. The maximum atomic E-state index is 11.9. The first-order valence-corrected chi connectivity index (χ1v) is 11.5. The van der Waals surface area contributed by atoms with Gasteiger partial charge in [-0.2, -0.15) is 0 Å². The van der Waals surface area contributed by atoms with E-state index in [1.54, 1.807) is 52.7 Å². The van der Waals surface area contributed by atoms with Crippen molar-refractivity contribution in [1.82, 2.24) is 4.13 Å². The van der Waals surface area contributed by atoms with Gasteiger partial charge in [0, 0.05) is 19.8 Å². The Bertz CT molecular complexity index is 912. The number of hydrogen-bond donors (Lipinski definition) is 1. The molecule has 0 radical (unpaired) electrons. The first-order chi connectivity index (χ1) is 11.7. The Hall–Kier alpha value is -1.26. The second kappa shape index (κ2) is 8.41. The second-order valence-electron chi connectivity index (χ2n) is 4.88. The number of rotatable bonds is 6. The van der Waals surface area contributed by atoms with Gasteiger partial charge in [-0.25, -0.2) is 16.8 Å². The summed E-state index contributed by atoms with van der Waals surface area (Å²) in [5.74, 6) is 0. The van der Waals surface area contributed by atoms with Gasteiger partial charge in [0.25, 0.3) is 0 Å². The summed E-state index contributed by atoms with van der Waals surface area (Å²) < 4.78 is 51.0. The van der Waals surface area contributed by atoms with Gasteiger partial charge in [0.05, 0.1) is 0 Å². The lowest BCUT2D eigenvalue weighted by atomic mass is 10.2. The van der Waals surface area contributed by atoms with Gasteiger partial charge in [-0.15, -0.1) is 4.13 Å². The lowest BCUT2D eigenvalue weighted by molar-refractivity contribution is 0.587. The molecule has 0 saturated carbocycles. The van der Waals surface area contributed by atoms with E-state index in [9.17, 15) is 16.8 Å². The smallest absolute Gasteiger partial charge is 0.207 e. The predicted octanol–water partition coefficient (Wildman–Crippen LogP) is 4.10. The van der Waals surface area contributed by atoms with Gasteiger partial charge in [0.15, 0.2) is 0 Å². The third-order valence-corrected chi connectivity index (χ3v) is 6.76. The minimum Gasteiger partial charge on any atom is -0.207 e. The summed E-state index contributed by atoms with van der Waals surface area (Å²) in [6.45, 7) is 0. The summed E-state index contributed by atoms with van der Waals surface area (Å²) in [6.07, 6.45) is 2.62. The highest BCUT2D eigenvalue weighted by atomic mass is 79.9. The molecule has 0 atom stereocenters. The molecular weight excluding hydrogens is 494 g/mol. The minimum atomic E-state index is -4.15. The van der Waals surface area contributed by atoms with Crippen molar-refractivity contribution in [3.8, 4) is 0 Å². The van der Waals surface area contributed by atoms with Crippen LogP contribution in [0.15, 0.2) is 68.3 Å². The molecular formula is C16H13Br2NO4S2. The van der Waals surface area contributed by atoms with E-state index in [2.05, 4.69) is 31.9 Å². The fraction of sp³-hybridized carbons (Fsp3) is 0. The molecule has 0 bridgehead atoms. The van der Waals surface area contributed by atoms with Crippen LogP contribution < -0.4 is 4.13 Å². The Kier molecular flexibility index (Phi) is 6.75. The molecule has 0 heterocycles. The highest BCUT2D eigenvalue weighted by molar-refractivity contribution is 9.10. The Morgan fingerprint density at radius 2 is 0.960 bits per heavy atom. The van der Waals surface area contributed by atoms with Crippen molar-refractivity contribution < 1.29 is 16.8 Å². The van der Waals surface area contributed by atoms with Crippen LogP contribution >= 0.6 is 31.9 Å². The maximum Gasteiger partial charge on any atom is 0.246 e. The van der Waals surface area contributed by atoms with E-state index >= 15 is 0 Å². The van der Waals surface area contributed by atoms with Crippen molar-refractivity contribution in [3.05, 3.63) is 79.4 Å². The summed E-state index contributed by atoms with van der Waals surface area (Å²) in [4.78, 5) is 0. The molecule has 9 heteroatoms. The topological polar surface area (TPSA) is 80.3 Å². The van der Waals surface area contributed by atoms with Gasteiger partial charge in [0.1, 0.15) is 0 Å². The van der Waals surface area contributed by atoms with Crippen molar-refractivity contribution in [2.75, 3.05) is 0 Å². The van der Waals surface area contributed by atoms with E-state index in [0.717, 1.165) is 19.8 Å². The van der Waals surface area contributed by atoms with Crippen molar-refractivity contribution in [1.29, 1.82) is 0 Å². The number of halogens is 2. The quantitative estimate of drug-likeness (QED) is 0.639. The van der Waals surface area contributed by atoms with Crippen LogP contribution in [0, 0.1) is 0 Å².